The van der Waals surface area contributed by atoms with Gasteiger partial charge in [0.05, 0.1) is 42.9 Å². The zero-order valence-corrected chi connectivity index (χ0v) is 27.8. The maximum absolute atomic E-state index is 14.0. The van der Waals surface area contributed by atoms with Gasteiger partial charge in [0.15, 0.2) is 23.9 Å². The Bertz CT molecular complexity index is 1930. The fourth-order valence-corrected chi connectivity index (χ4v) is 6.51. The molecule has 1 aromatic carbocycles. The fourth-order valence-electron chi connectivity index (χ4n) is 6.51. The molecule has 17 heteroatoms. The highest BCUT2D eigenvalue weighted by atomic mass is 19.4. The number of nitrogen functional groups attached to an aromatic ring is 1. The Labute approximate surface area is 285 Å². The molecular formula is C33H38F3N10O4+. The summed E-state index contributed by atoms with van der Waals surface area (Å²) < 4.78 is 44.8. The van der Waals surface area contributed by atoms with Gasteiger partial charge in [-0.05, 0) is 42.8 Å². The molecule has 0 saturated carbocycles. The molecule has 3 amide bonds. The highest BCUT2D eigenvalue weighted by molar-refractivity contribution is 6.03. The van der Waals surface area contributed by atoms with Crippen molar-refractivity contribution in [2.75, 3.05) is 63.9 Å². The summed E-state index contributed by atoms with van der Waals surface area (Å²) in [6.45, 7) is 4.94. The number of pyridine rings is 1. The van der Waals surface area contributed by atoms with Crippen LogP contribution in [0.25, 0.3) is 17.1 Å². The van der Waals surface area contributed by atoms with E-state index in [1.54, 1.807) is 34.9 Å². The Morgan fingerprint density at radius 2 is 1.78 bits per heavy atom. The van der Waals surface area contributed by atoms with E-state index >= 15 is 0 Å². The van der Waals surface area contributed by atoms with E-state index in [1.165, 1.54) is 42.3 Å². The van der Waals surface area contributed by atoms with E-state index in [0.717, 1.165) is 11.2 Å². The number of quaternary nitrogens is 1. The molecule has 14 nitrogen and oxygen atoms in total. The molecule has 0 radical (unpaired) electrons. The van der Waals surface area contributed by atoms with Crippen LogP contribution in [0.2, 0.25) is 0 Å². The number of carbonyl (C=O) groups excluding carboxylic acids is 3. The molecule has 0 aliphatic carbocycles. The first kappa shape index (κ1) is 34.6. The third-order valence-corrected chi connectivity index (χ3v) is 9.26. The number of hydrogen-bond donors (Lipinski definition) is 3. The van der Waals surface area contributed by atoms with Crippen molar-refractivity contribution < 1.29 is 37.1 Å². The van der Waals surface area contributed by atoms with E-state index in [2.05, 4.69) is 20.4 Å². The number of likely N-dealkylation sites (tertiary alicyclic amines) is 1. The SMILES string of the molecule is Cc1cc(NC(=O)c2ncc(-c3cn(-c4ccc(N)cn4)nc3C(F)(F)F)n2C)ccc1C(=O)N1CCN(C(=O)C[N+]2(C)CCC(O)C2)CC1. The number of anilines is 2. The molecule has 2 aliphatic heterocycles. The van der Waals surface area contributed by atoms with Gasteiger partial charge in [0.1, 0.15) is 12.6 Å². The Morgan fingerprint density at radius 1 is 1.06 bits per heavy atom. The molecule has 0 spiro atoms. The molecule has 264 valence electrons. The van der Waals surface area contributed by atoms with Gasteiger partial charge in [-0.1, -0.05) is 0 Å². The van der Waals surface area contributed by atoms with Crippen LogP contribution in [0.5, 0.6) is 0 Å². The lowest BCUT2D eigenvalue weighted by Gasteiger charge is -2.37. The fraction of sp³-hybridized carbons (Fsp3) is 0.394. The lowest BCUT2D eigenvalue weighted by atomic mass is 10.1. The summed E-state index contributed by atoms with van der Waals surface area (Å²) in [6.07, 6.45) is -0.871. The van der Waals surface area contributed by atoms with E-state index in [-0.39, 0.29) is 40.8 Å². The number of aliphatic hydroxyl groups excluding tert-OH is 1. The molecule has 4 aromatic rings. The van der Waals surface area contributed by atoms with Crippen molar-refractivity contribution >= 4 is 29.1 Å². The Kier molecular flexibility index (Phi) is 9.13. The summed E-state index contributed by atoms with van der Waals surface area (Å²) in [4.78, 5) is 51.2. The topological polar surface area (TPSA) is 164 Å². The molecule has 2 saturated heterocycles. The third-order valence-electron chi connectivity index (χ3n) is 9.26. The van der Waals surface area contributed by atoms with Crippen LogP contribution in [0.1, 0.15) is 38.7 Å². The summed E-state index contributed by atoms with van der Waals surface area (Å²) in [7, 11) is 3.40. The number of piperazine rings is 1. The second kappa shape index (κ2) is 13.2. The van der Waals surface area contributed by atoms with Crippen LogP contribution in [0.3, 0.4) is 0 Å². The number of nitrogens with two attached hydrogens (primary N) is 1. The molecule has 2 aliphatic rings. The first-order chi connectivity index (χ1) is 23.6. The number of nitrogens with one attached hydrogen (secondary N) is 1. The van der Waals surface area contributed by atoms with Gasteiger partial charge in [0.25, 0.3) is 17.7 Å². The van der Waals surface area contributed by atoms with Gasteiger partial charge in [0, 0.05) is 57.1 Å². The number of amides is 3. The van der Waals surface area contributed by atoms with E-state index in [9.17, 15) is 32.7 Å². The summed E-state index contributed by atoms with van der Waals surface area (Å²) >= 11 is 0. The number of alkyl halides is 3. The first-order valence-corrected chi connectivity index (χ1v) is 16.0. The number of benzene rings is 1. The average Bonchev–Trinajstić information content (AvgIpc) is 3.77. The normalized spacial score (nSPS) is 19.5. The number of imidazole rings is 1. The molecular weight excluding hydrogens is 657 g/mol. The molecule has 0 bridgehead atoms. The number of rotatable bonds is 7. The van der Waals surface area contributed by atoms with Crippen molar-refractivity contribution in [3.05, 3.63) is 71.6 Å². The monoisotopic (exact) mass is 695 g/mol. The minimum absolute atomic E-state index is 0.00805. The lowest BCUT2D eigenvalue weighted by molar-refractivity contribution is -0.891. The molecule has 2 fully saturated rings. The highest BCUT2D eigenvalue weighted by Gasteiger charge is 2.39. The van der Waals surface area contributed by atoms with Crippen LogP contribution in [-0.2, 0) is 18.0 Å². The summed E-state index contributed by atoms with van der Waals surface area (Å²) in [5.74, 6) is -0.877. The summed E-state index contributed by atoms with van der Waals surface area (Å²) in [6, 6.07) is 7.73. The van der Waals surface area contributed by atoms with Gasteiger partial charge in [-0.15, -0.1) is 0 Å². The predicted molar refractivity (Wildman–Crippen MR) is 176 cm³/mol. The third kappa shape index (κ3) is 7.04. The first-order valence-electron chi connectivity index (χ1n) is 16.0. The van der Waals surface area contributed by atoms with Crippen LogP contribution in [0.4, 0.5) is 24.5 Å². The molecule has 2 unspecified atom stereocenters. The maximum atomic E-state index is 14.0. The number of hydrogen-bond acceptors (Lipinski definition) is 8. The average molecular weight is 696 g/mol. The van der Waals surface area contributed by atoms with Crippen molar-refractivity contribution in [2.24, 2.45) is 7.05 Å². The molecule has 4 N–H and O–H groups in total. The minimum atomic E-state index is -4.80. The second-order valence-electron chi connectivity index (χ2n) is 13.1. The minimum Gasteiger partial charge on any atom is -0.397 e. The van der Waals surface area contributed by atoms with E-state index in [0.29, 0.717) is 72.7 Å². The van der Waals surface area contributed by atoms with Gasteiger partial charge in [0.2, 0.25) is 0 Å². The van der Waals surface area contributed by atoms with Crippen molar-refractivity contribution in [3.8, 4) is 17.1 Å². The largest absolute Gasteiger partial charge is 0.435 e. The molecule has 6 rings (SSSR count). The van der Waals surface area contributed by atoms with Gasteiger partial charge in [-0.25, -0.2) is 14.6 Å². The Hall–Kier alpha value is -5.29. The molecule has 5 heterocycles. The smallest absolute Gasteiger partial charge is 0.397 e. The van der Waals surface area contributed by atoms with Gasteiger partial charge in [-0.3, -0.25) is 14.4 Å². The van der Waals surface area contributed by atoms with E-state index < -0.39 is 17.8 Å². The number of likely N-dealkylation sites (N-methyl/N-ethyl adjacent to an activating group) is 1. The second-order valence-corrected chi connectivity index (χ2v) is 13.1. The Morgan fingerprint density at radius 3 is 2.40 bits per heavy atom. The maximum Gasteiger partial charge on any atom is 0.435 e. The molecule has 3 aromatic heterocycles. The molecule has 2 atom stereocenters. The van der Waals surface area contributed by atoms with Gasteiger partial charge < -0.3 is 35.0 Å². The van der Waals surface area contributed by atoms with Crippen molar-refractivity contribution in [1.82, 2.24) is 34.1 Å². The summed E-state index contributed by atoms with van der Waals surface area (Å²) in [5.41, 5.74) is 5.94. The quantitative estimate of drug-likeness (QED) is 0.248. The number of carbonyl (C=O) groups is 3. The zero-order valence-electron chi connectivity index (χ0n) is 27.8. The van der Waals surface area contributed by atoms with Crippen molar-refractivity contribution in [2.45, 2.75) is 25.6 Å². The van der Waals surface area contributed by atoms with Crippen LogP contribution in [0, 0.1) is 6.92 Å². The standard InChI is InChI=1S/C33H37F3N10O4/c1-20-14-22(5-6-24(20)32(50)44-11-9-43(10-12-44)28(48)19-46(3)13-8-23(47)18-46)40-31(49)30-39-16-26(42(30)2)25-17-45(41-29(25)33(34,35)36)27-7-4-21(37)15-38-27/h4-7,14-17,23,47H,8-13,18-19,37H2,1-3H3/p+1. The van der Waals surface area contributed by atoms with Gasteiger partial charge >= 0.3 is 6.18 Å². The van der Waals surface area contributed by atoms with Crippen LogP contribution in [0.15, 0.2) is 48.9 Å². The van der Waals surface area contributed by atoms with Gasteiger partial charge in [-0.2, -0.15) is 18.3 Å². The predicted octanol–water partition coefficient (Wildman–Crippen LogP) is 2.33. The van der Waals surface area contributed by atoms with Crippen molar-refractivity contribution in [3.63, 3.8) is 0 Å². The number of aromatic nitrogens is 5. The number of halogens is 3. The van der Waals surface area contributed by atoms with E-state index in [4.69, 9.17) is 5.73 Å². The molecule has 50 heavy (non-hydrogen) atoms. The van der Waals surface area contributed by atoms with Crippen LogP contribution < -0.4 is 11.1 Å². The van der Waals surface area contributed by atoms with E-state index in [1.807, 2.05) is 7.05 Å². The number of nitrogens with zero attached hydrogens (tertiary/aromatic N) is 8. The highest BCUT2D eigenvalue weighted by Crippen LogP contribution is 2.37. The summed E-state index contributed by atoms with van der Waals surface area (Å²) in [5, 5.41) is 16.3. The lowest BCUT2D eigenvalue weighted by Crippen LogP contribution is -2.55. The zero-order chi connectivity index (χ0) is 36.0. The van der Waals surface area contributed by atoms with Crippen LogP contribution >= 0.6 is 0 Å². The van der Waals surface area contributed by atoms with Crippen molar-refractivity contribution in [1.29, 1.82) is 0 Å². The Balaban J connectivity index is 1.11. The van der Waals surface area contributed by atoms with Crippen LogP contribution in [-0.4, -0.2) is 120 Å². The number of aliphatic hydroxyl groups is 1. The number of aryl methyl sites for hydroxylation is 1.